The summed E-state index contributed by atoms with van der Waals surface area (Å²) >= 11 is 1.25. The Morgan fingerprint density at radius 1 is 1.09 bits per heavy atom. The zero-order valence-corrected chi connectivity index (χ0v) is 18.8. The summed E-state index contributed by atoms with van der Waals surface area (Å²) in [6.45, 7) is 0.629. The Hall–Kier alpha value is -2.49. The van der Waals surface area contributed by atoms with Crippen molar-refractivity contribution in [2.75, 3.05) is 30.4 Å². The maximum Gasteiger partial charge on any atom is 0.234 e. The van der Waals surface area contributed by atoms with Gasteiger partial charge >= 0.3 is 0 Å². The molecule has 32 heavy (non-hydrogen) atoms. The van der Waals surface area contributed by atoms with Crippen LogP contribution in [-0.4, -0.2) is 47.9 Å². The SMILES string of the molecule is CN(CCCC1CC(c2cccc(F)c2)NN1)C(=O)CSCC(=O)Nc1ccc(F)cc1. The zero-order chi connectivity index (χ0) is 22.9. The minimum Gasteiger partial charge on any atom is -0.345 e. The average Bonchev–Trinajstić information content (AvgIpc) is 3.24. The summed E-state index contributed by atoms with van der Waals surface area (Å²) in [5.41, 5.74) is 7.91. The molecule has 3 rings (SSSR count). The van der Waals surface area contributed by atoms with Crippen LogP contribution in [0, 0.1) is 11.6 Å². The van der Waals surface area contributed by atoms with Crippen molar-refractivity contribution in [3.05, 3.63) is 65.7 Å². The molecular formula is C23H28F2N4O2S. The van der Waals surface area contributed by atoms with Crippen molar-refractivity contribution in [1.29, 1.82) is 0 Å². The highest BCUT2D eigenvalue weighted by atomic mass is 32.2. The van der Waals surface area contributed by atoms with Crippen molar-refractivity contribution in [2.45, 2.75) is 31.3 Å². The Morgan fingerprint density at radius 2 is 1.88 bits per heavy atom. The second-order valence-corrected chi connectivity index (χ2v) is 8.82. The first-order valence-electron chi connectivity index (χ1n) is 10.5. The number of thioether (sulfide) groups is 1. The number of benzene rings is 2. The Morgan fingerprint density at radius 3 is 2.62 bits per heavy atom. The minimum atomic E-state index is -0.364. The van der Waals surface area contributed by atoms with Crippen molar-refractivity contribution >= 4 is 29.3 Å². The summed E-state index contributed by atoms with van der Waals surface area (Å²) in [5, 5.41) is 2.67. The van der Waals surface area contributed by atoms with Crippen LogP contribution in [-0.2, 0) is 9.59 Å². The number of nitrogens with zero attached hydrogens (tertiary/aromatic N) is 1. The van der Waals surface area contributed by atoms with Crippen molar-refractivity contribution in [3.63, 3.8) is 0 Å². The van der Waals surface area contributed by atoms with Gasteiger partial charge in [-0.15, -0.1) is 11.8 Å². The van der Waals surface area contributed by atoms with Gasteiger partial charge in [-0.25, -0.2) is 8.78 Å². The fourth-order valence-corrected chi connectivity index (χ4v) is 4.28. The number of anilines is 1. The molecule has 0 aromatic heterocycles. The Balaban J connectivity index is 1.28. The molecule has 0 aliphatic carbocycles. The predicted molar refractivity (Wildman–Crippen MR) is 123 cm³/mol. The lowest BCUT2D eigenvalue weighted by Crippen LogP contribution is -2.33. The monoisotopic (exact) mass is 462 g/mol. The summed E-state index contributed by atoms with van der Waals surface area (Å²) in [6, 6.07) is 12.5. The van der Waals surface area contributed by atoms with Crippen LogP contribution in [0.3, 0.4) is 0 Å². The highest BCUT2D eigenvalue weighted by molar-refractivity contribution is 8.00. The summed E-state index contributed by atoms with van der Waals surface area (Å²) in [6.07, 6.45) is 2.59. The number of rotatable bonds is 10. The highest BCUT2D eigenvalue weighted by Gasteiger charge is 2.25. The molecule has 2 amide bonds. The molecule has 0 bridgehead atoms. The molecule has 6 nitrogen and oxygen atoms in total. The van der Waals surface area contributed by atoms with E-state index in [0.29, 0.717) is 12.2 Å². The predicted octanol–water partition coefficient (Wildman–Crippen LogP) is 3.48. The summed E-state index contributed by atoms with van der Waals surface area (Å²) in [4.78, 5) is 25.9. The lowest BCUT2D eigenvalue weighted by atomic mass is 9.99. The maximum absolute atomic E-state index is 13.4. The van der Waals surface area contributed by atoms with Gasteiger partial charge in [0.1, 0.15) is 11.6 Å². The van der Waals surface area contributed by atoms with Crippen LogP contribution >= 0.6 is 11.8 Å². The van der Waals surface area contributed by atoms with Crippen molar-refractivity contribution in [3.8, 4) is 0 Å². The van der Waals surface area contributed by atoms with E-state index in [4.69, 9.17) is 0 Å². The van der Waals surface area contributed by atoms with Gasteiger partial charge < -0.3 is 10.2 Å². The van der Waals surface area contributed by atoms with E-state index in [1.165, 1.54) is 42.1 Å². The van der Waals surface area contributed by atoms with Crippen LogP contribution in [0.2, 0.25) is 0 Å². The maximum atomic E-state index is 13.4. The molecule has 3 N–H and O–H groups in total. The fourth-order valence-electron chi connectivity index (χ4n) is 3.52. The Kier molecular flexibility index (Phi) is 9.01. The van der Waals surface area contributed by atoms with Crippen molar-refractivity contribution in [1.82, 2.24) is 15.8 Å². The molecule has 0 spiro atoms. The van der Waals surface area contributed by atoms with E-state index in [-0.39, 0.29) is 47.0 Å². The van der Waals surface area contributed by atoms with Gasteiger partial charge in [-0.2, -0.15) is 0 Å². The third-order valence-electron chi connectivity index (χ3n) is 5.29. The number of nitrogens with one attached hydrogen (secondary N) is 3. The van der Waals surface area contributed by atoms with Crippen LogP contribution in [0.5, 0.6) is 0 Å². The first-order valence-corrected chi connectivity index (χ1v) is 11.7. The van der Waals surface area contributed by atoms with Crippen LogP contribution in [0.25, 0.3) is 0 Å². The van der Waals surface area contributed by atoms with E-state index in [2.05, 4.69) is 16.2 Å². The van der Waals surface area contributed by atoms with Gasteiger partial charge in [-0.1, -0.05) is 12.1 Å². The molecule has 9 heteroatoms. The molecule has 1 aliphatic heterocycles. The van der Waals surface area contributed by atoms with E-state index in [1.807, 2.05) is 6.07 Å². The van der Waals surface area contributed by atoms with Gasteiger partial charge in [-0.05, 0) is 61.2 Å². The first kappa shape index (κ1) is 24.2. The number of amides is 2. The minimum absolute atomic E-state index is 0.0280. The smallest absolute Gasteiger partial charge is 0.234 e. The second kappa shape index (κ2) is 11.9. The number of halogens is 2. The Labute approximate surface area is 191 Å². The molecule has 172 valence electrons. The summed E-state index contributed by atoms with van der Waals surface area (Å²) in [7, 11) is 1.76. The molecule has 1 fully saturated rings. The van der Waals surface area contributed by atoms with E-state index in [0.717, 1.165) is 24.8 Å². The number of carbonyl (C=O) groups is 2. The normalized spacial score (nSPS) is 17.8. The molecule has 0 radical (unpaired) electrons. The van der Waals surface area contributed by atoms with E-state index in [1.54, 1.807) is 24.1 Å². The summed E-state index contributed by atoms with van der Waals surface area (Å²) < 4.78 is 26.3. The Bertz CT molecular complexity index is 913. The van der Waals surface area contributed by atoms with Gasteiger partial charge in [0, 0.05) is 31.4 Å². The van der Waals surface area contributed by atoms with E-state index < -0.39 is 0 Å². The average molecular weight is 463 g/mol. The molecule has 1 heterocycles. The first-order chi connectivity index (χ1) is 15.4. The molecule has 2 aromatic rings. The van der Waals surface area contributed by atoms with Crippen molar-refractivity contribution < 1.29 is 18.4 Å². The molecular weight excluding hydrogens is 434 g/mol. The lowest BCUT2D eigenvalue weighted by Gasteiger charge is -2.18. The summed E-state index contributed by atoms with van der Waals surface area (Å²) in [5.74, 6) is -0.491. The third-order valence-corrected chi connectivity index (χ3v) is 6.21. The number of hydrogen-bond donors (Lipinski definition) is 3. The van der Waals surface area contributed by atoms with Gasteiger partial charge in [0.05, 0.1) is 11.5 Å². The van der Waals surface area contributed by atoms with Crippen LogP contribution in [0.4, 0.5) is 14.5 Å². The highest BCUT2D eigenvalue weighted by Crippen LogP contribution is 2.24. The number of hydrogen-bond acceptors (Lipinski definition) is 5. The quantitative estimate of drug-likeness (QED) is 0.504. The van der Waals surface area contributed by atoms with Gasteiger partial charge in [0.15, 0.2) is 0 Å². The molecule has 0 saturated carbocycles. The standard InChI is InChI=1S/C23H28F2N4O2S/c1-29(23(31)15-32-14-22(30)26-19-9-7-17(24)8-10-19)11-3-6-20-13-21(28-27-20)16-4-2-5-18(25)12-16/h2,4-5,7-10,12,20-21,27-28H,3,6,11,13-15H2,1H3,(H,26,30). The van der Waals surface area contributed by atoms with Gasteiger partial charge in [0.2, 0.25) is 11.8 Å². The van der Waals surface area contributed by atoms with E-state index >= 15 is 0 Å². The molecule has 2 unspecified atom stereocenters. The molecule has 2 atom stereocenters. The molecule has 1 saturated heterocycles. The lowest BCUT2D eigenvalue weighted by molar-refractivity contribution is -0.127. The van der Waals surface area contributed by atoms with Crippen LogP contribution in [0.1, 0.15) is 30.9 Å². The molecule has 1 aliphatic rings. The third kappa shape index (κ3) is 7.58. The van der Waals surface area contributed by atoms with Crippen LogP contribution in [0.15, 0.2) is 48.5 Å². The second-order valence-electron chi connectivity index (χ2n) is 7.83. The molecule has 2 aromatic carbocycles. The van der Waals surface area contributed by atoms with Gasteiger partial charge in [-0.3, -0.25) is 20.4 Å². The zero-order valence-electron chi connectivity index (χ0n) is 17.9. The fraction of sp³-hybridized carbons (Fsp3) is 0.391. The van der Waals surface area contributed by atoms with Crippen molar-refractivity contribution in [2.24, 2.45) is 0 Å². The number of carbonyl (C=O) groups excluding carboxylic acids is 2. The number of hydrazine groups is 1. The van der Waals surface area contributed by atoms with E-state index in [9.17, 15) is 18.4 Å². The van der Waals surface area contributed by atoms with Gasteiger partial charge in [0.25, 0.3) is 0 Å². The largest absolute Gasteiger partial charge is 0.345 e. The van der Waals surface area contributed by atoms with Crippen LogP contribution < -0.4 is 16.2 Å². The topological polar surface area (TPSA) is 73.5 Å².